The van der Waals surface area contributed by atoms with Gasteiger partial charge in [0.25, 0.3) is 11.8 Å². The number of carbonyl (C=O) groups is 2. The molecule has 4 aromatic rings. The number of nitrogen functional groups attached to an aromatic ring is 1. The molecule has 2 amide bonds. The molecule has 1 aromatic heterocycles. The van der Waals surface area contributed by atoms with Crippen LogP contribution in [0.1, 0.15) is 27.1 Å². The molecule has 33 heavy (non-hydrogen) atoms. The quantitative estimate of drug-likeness (QED) is 0.193. The SMILES string of the molecule is CNCCCOc1cc2[nH]c3cc(-c4cccc(N)c4Cl)c4c(c3c2cc1F)C(=O)NC4=O. The second-order valence-corrected chi connectivity index (χ2v) is 8.23. The minimum atomic E-state index is -0.547. The van der Waals surface area contributed by atoms with Crippen LogP contribution in [0.3, 0.4) is 0 Å². The number of rotatable bonds is 6. The molecular weight excluding hydrogens is 447 g/mol. The number of H-pyrrole nitrogens is 1. The van der Waals surface area contributed by atoms with Gasteiger partial charge in [-0.1, -0.05) is 23.7 Å². The molecule has 1 aliphatic rings. The van der Waals surface area contributed by atoms with Gasteiger partial charge in [0.1, 0.15) is 0 Å². The number of nitrogens with two attached hydrogens (primary N) is 1. The first-order valence-electron chi connectivity index (χ1n) is 10.4. The summed E-state index contributed by atoms with van der Waals surface area (Å²) in [5.74, 6) is -1.52. The third-order valence-electron chi connectivity index (χ3n) is 5.77. The van der Waals surface area contributed by atoms with Crippen LogP contribution in [0.25, 0.3) is 32.9 Å². The summed E-state index contributed by atoms with van der Waals surface area (Å²) in [6.45, 7) is 1.11. The zero-order valence-corrected chi connectivity index (χ0v) is 18.4. The number of aromatic amines is 1. The minimum Gasteiger partial charge on any atom is -0.490 e. The number of carbonyl (C=O) groups excluding carboxylic acids is 2. The molecule has 0 atom stereocenters. The van der Waals surface area contributed by atoms with Gasteiger partial charge in [-0.3, -0.25) is 14.9 Å². The largest absolute Gasteiger partial charge is 0.490 e. The third-order valence-corrected chi connectivity index (χ3v) is 6.19. The van der Waals surface area contributed by atoms with Crippen LogP contribution in [0.15, 0.2) is 36.4 Å². The molecule has 2 heterocycles. The molecule has 168 valence electrons. The lowest BCUT2D eigenvalue weighted by Crippen LogP contribution is -2.20. The second-order valence-electron chi connectivity index (χ2n) is 7.85. The summed E-state index contributed by atoms with van der Waals surface area (Å²) in [5, 5.41) is 6.59. The van der Waals surface area contributed by atoms with Crippen LogP contribution in [-0.4, -0.2) is 37.0 Å². The molecule has 0 spiro atoms. The Morgan fingerprint density at radius 3 is 2.67 bits per heavy atom. The van der Waals surface area contributed by atoms with Crippen LogP contribution in [0.5, 0.6) is 5.75 Å². The number of hydrogen-bond acceptors (Lipinski definition) is 5. The van der Waals surface area contributed by atoms with Crippen LogP contribution < -0.4 is 21.1 Å². The van der Waals surface area contributed by atoms with Crippen LogP contribution in [-0.2, 0) is 0 Å². The Hall–Kier alpha value is -3.62. The number of imide groups is 1. The topological polar surface area (TPSA) is 109 Å². The van der Waals surface area contributed by atoms with E-state index in [2.05, 4.69) is 15.6 Å². The van der Waals surface area contributed by atoms with E-state index in [1.54, 1.807) is 30.3 Å². The number of anilines is 1. The monoisotopic (exact) mass is 466 g/mol. The summed E-state index contributed by atoms with van der Waals surface area (Å²) < 4.78 is 20.4. The second kappa shape index (κ2) is 8.06. The molecule has 0 fully saturated rings. The van der Waals surface area contributed by atoms with E-state index in [1.807, 2.05) is 7.05 Å². The standard InChI is InChI=1S/C24H20ClFN4O3/c1-28-6-3-7-33-18-10-16-13(8-14(18)26)19-17(29-16)9-12(11-4-2-5-15(27)22(11)25)20-21(19)24(32)30-23(20)31/h2,4-5,8-10,28-29H,3,6-7,27H2,1H3,(H,30,31,32). The Balaban J connectivity index is 1.75. The fourth-order valence-electron chi connectivity index (χ4n) is 4.27. The molecule has 1 aliphatic heterocycles. The highest BCUT2D eigenvalue weighted by Gasteiger charge is 2.34. The molecule has 9 heteroatoms. The van der Waals surface area contributed by atoms with E-state index in [9.17, 15) is 14.0 Å². The predicted molar refractivity (Wildman–Crippen MR) is 126 cm³/mol. The molecule has 0 bridgehead atoms. The van der Waals surface area contributed by atoms with Crippen LogP contribution in [0.2, 0.25) is 5.02 Å². The number of fused-ring (bicyclic) bond motifs is 5. The molecule has 0 radical (unpaired) electrons. The smallest absolute Gasteiger partial charge is 0.259 e. The summed E-state index contributed by atoms with van der Waals surface area (Å²) in [5.41, 5.74) is 8.83. The zero-order valence-electron chi connectivity index (χ0n) is 17.6. The highest BCUT2D eigenvalue weighted by Crippen LogP contribution is 2.42. The minimum absolute atomic E-state index is 0.112. The summed E-state index contributed by atoms with van der Waals surface area (Å²) in [6, 6.07) is 9.73. The maximum atomic E-state index is 14.8. The average molecular weight is 467 g/mol. The van der Waals surface area contributed by atoms with Gasteiger partial charge >= 0.3 is 0 Å². The third kappa shape index (κ3) is 3.39. The molecule has 0 saturated heterocycles. The Kier molecular flexibility index (Phi) is 5.19. The average Bonchev–Trinajstić information content (AvgIpc) is 3.28. The van der Waals surface area contributed by atoms with Crippen LogP contribution in [0.4, 0.5) is 10.1 Å². The Morgan fingerprint density at radius 2 is 1.88 bits per heavy atom. The molecule has 0 unspecified atom stereocenters. The van der Waals surface area contributed by atoms with E-state index in [0.29, 0.717) is 45.2 Å². The lowest BCUT2D eigenvalue weighted by molar-refractivity contribution is 0.0880. The number of halogens is 2. The Bertz CT molecular complexity index is 1460. The number of benzene rings is 3. The Morgan fingerprint density at radius 1 is 1.09 bits per heavy atom. The lowest BCUT2D eigenvalue weighted by atomic mass is 9.92. The lowest BCUT2D eigenvalue weighted by Gasteiger charge is -2.11. The number of amides is 2. The Labute approximate surface area is 193 Å². The first-order valence-corrected chi connectivity index (χ1v) is 10.8. The van der Waals surface area contributed by atoms with E-state index in [-0.39, 0.29) is 21.9 Å². The summed E-state index contributed by atoms with van der Waals surface area (Å²) >= 11 is 6.43. The van der Waals surface area contributed by atoms with E-state index < -0.39 is 17.6 Å². The van der Waals surface area contributed by atoms with Crippen molar-refractivity contribution in [2.24, 2.45) is 0 Å². The zero-order chi connectivity index (χ0) is 23.3. The van der Waals surface area contributed by atoms with Crippen molar-refractivity contribution in [2.45, 2.75) is 6.42 Å². The molecule has 7 nitrogen and oxygen atoms in total. The van der Waals surface area contributed by atoms with Crippen LogP contribution in [0, 0.1) is 5.82 Å². The highest BCUT2D eigenvalue weighted by atomic mass is 35.5. The van der Waals surface area contributed by atoms with E-state index >= 15 is 0 Å². The molecule has 3 aromatic carbocycles. The van der Waals surface area contributed by atoms with Gasteiger partial charge in [0.05, 0.1) is 34.0 Å². The van der Waals surface area contributed by atoms with Crippen molar-refractivity contribution in [3.63, 3.8) is 0 Å². The van der Waals surface area contributed by atoms with Gasteiger partial charge in [-0.15, -0.1) is 0 Å². The predicted octanol–water partition coefficient (Wildman–Crippen LogP) is 4.23. The van der Waals surface area contributed by atoms with Crippen molar-refractivity contribution in [3.05, 3.63) is 58.4 Å². The van der Waals surface area contributed by atoms with Gasteiger partial charge in [0, 0.05) is 27.9 Å². The van der Waals surface area contributed by atoms with Gasteiger partial charge in [-0.05, 0) is 43.8 Å². The maximum Gasteiger partial charge on any atom is 0.259 e. The van der Waals surface area contributed by atoms with E-state index in [1.165, 1.54) is 6.07 Å². The number of ether oxygens (including phenoxy) is 1. The maximum absolute atomic E-state index is 14.8. The van der Waals surface area contributed by atoms with Gasteiger partial charge in [0.15, 0.2) is 11.6 Å². The van der Waals surface area contributed by atoms with E-state index in [0.717, 1.165) is 13.0 Å². The summed E-state index contributed by atoms with van der Waals surface area (Å²) in [4.78, 5) is 28.8. The fourth-order valence-corrected chi connectivity index (χ4v) is 4.50. The van der Waals surface area contributed by atoms with Gasteiger partial charge in [-0.25, -0.2) is 4.39 Å². The number of nitrogens with one attached hydrogen (secondary N) is 3. The first kappa shape index (κ1) is 21.2. The summed E-state index contributed by atoms with van der Waals surface area (Å²) in [7, 11) is 1.84. The molecule has 0 aliphatic carbocycles. The normalized spacial score (nSPS) is 13.1. The van der Waals surface area contributed by atoms with Gasteiger partial charge in [0.2, 0.25) is 0 Å². The van der Waals surface area contributed by atoms with Crippen molar-refractivity contribution < 1.29 is 18.7 Å². The van der Waals surface area contributed by atoms with E-state index in [4.69, 9.17) is 22.1 Å². The first-order chi connectivity index (χ1) is 15.9. The molecule has 5 N–H and O–H groups in total. The fraction of sp³-hybridized carbons (Fsp3) is 0.167. The number of aromatic nitrogens is 1. The number of hydrogen-bond donors (Lipinski definition) is 4. The van der Waals surface area contributed by atoms with Crippen molar-refractivity contribution >= 4 is 50.9 Å². The van der Waals surface area contributed by atoms with Crippen LogP contribution >= 0.6 is 11.6 Å². The summed E-state index contributed by atoms with van der Waals surface area (Å²) in [6.07, 6.45) is 0.723. The van der Waals surface area contributed by atoms with Crippen molar-refractivity contribution in [1.82, 2.24) is 15.6 Å². The van der Waals surface area contributed by atoms with Crippen molar-refractivity contribution in [3.8, 4) is 16.9 Å². The molecule has 0 saturated carbocycles. The molecular formula is C24H20ClFN4O3. The van der Waals surface area contributed by atoms with Gasteiger partial charge < -0.3 is 20.8 Å². The highest BCUT2D eigenvalue weighted by molar-refractivity contribution is 6.37. The van der Waals surface area contributed by atoms with Crippen molar-refractivity contribution in [2.75, 3.05) is 25.9 Å². The molecule has 5 rings (SSSR count). The van der Waals surface area contributed by atoms with Crippen molar-refractivity contribution in [1.29, 1.82) is 0 Å². The van der Waals surface area contributed by atoms with Gasteiger partial charge in [-0.2, -0.15) is 0 Å².